The maximum absolute atomic E-state index is 12.5. The number of alkyl halides is 3. The zero-order valence-electron chi connectivity index (χ0n) is 10.9. The number of aliphatic hydroxyl groups excluding tert-OH is 1. The molecule has 0 fully saturated rings. The number of anilines is 1. The van der Waals surface area contributed by atoms with Crippen LogP contribution in [0.25, 0.3) is 0 Å². The topological polar surface area (TPSA) is 66.6 Å². The van der Waals surface area contributed by atoms with Crippen LogP contribution in [0.5, 0.6) is 0 Å². The third kappa shape index (κ3) is 3.33. The lowest BCUT2D eigenvalue weighted by molar-refractivity contribution is -0.385. The number of rotatable bonds is 3. The van der Waals surface area contributed by atoms with E-state index in [2.05, 4.69) is 0 Å². The van der Waals surface area contributed by atoms with E-state index in [1.165, 1.54) is 18.2 Å². The largest absolute Gasteiger partial charge is 0.412 e. The van der Waals surface area contributed by atoms with Crippen molar-refractivity contribution in [2.75, 3.05) is 18.0 Å². The zero-order valence-corrected chi connectivity index (χ0v) is 10.9. The molecule has 1 aliphatic rings. The van der Waals surface area contributed by atoms with E-state index >= 15 is 0 Å². The highest BCUT2D eigenvalue weighted by atomic mass is 19.4. The van der Waals surface area contributed by atoms with E-state index in [1.807, 2.05) is 0 Å². The first-order valence-corrected chi connectivity index (χ1v) is 6.22. The Balaban J connectivity index is 2.21. The third-order valence-electron chi connectivity index (χ3n) is 3.37. The monoisotopic (exact) mass is 302 g/mol. The number of halogens is 3. The van der Waals surface area contributed by atoms with Crippen LogP contribution in [-0.4, -0.2) is 29.3 Å². The fourth-order valence-corrected chi connectivity index (χ4v) is 2.23. The van der Waals surface area contributed by atoms with E-state index in [-0.39, 0.29) is 30.8 Å². The third-order valence-corrected chi connectivity index (χ3v) is 3.37. The fraction of sp³-hybridized carbons (Fsp3) is 0.385. The molecule has 21 heavy (non-hydrogen) atoms. The second-order valence-corrected chi connectivity index (χ2v) is 4.65. The molecule has 1 heterocycles. The van der Waals surface area contributed by atoms with E-state index in [0.717, 1.165) is 6.08 Å². The van der Waals surface area contributed by atoms with E-state index in [9.17, 15) is 23.3 Å². The highest BCUT2D eigenvalue weighted by molar-refractivity contribution is 5.56. The number of hydrogen-bond acceptors (Lipinski definition) is 4. The number of aliphatic hydroxyl groups is 1. The van der Waals surface area contributed by atoms with Crippen LogP contribution in [0.1, 0.15) is 12.0 Å². The van der Waals surface area contributed by atoms with Crippen molar-refractivity contribution >= 4 is 11.4 Å². The smallest absolute Gasteiger partial charge is 0.391 e. The molecule has 0 atom stereocenters. The standard InChI is InChI=1S/C13H13F3N2O3/c14-13(15,16)10-3-5-17(6-4-10)11-1-2-12(18(20)21)9(7-11)8-19/h1-3,7,19H,4-6,8H2. The van der Waals surface area contributed by atoms with E-state index < -0.39 is 23.3 Å². The molecule has 0 saturated heterocycles. The van der Waals surface area contributed by atoms with Crippen molar-refractivity contribution < 1.29 is 23.2 Å². The van der Waals surface area contributed by atoms with Gasteiger partial charge in [0.1, 0.15) is 0 Å². The van der Waals surface area contributed by atoms with Gasteiger partial charge in [0, 0.05) is 30.4 Å². The number of nitrogens with zero attached hydrogens (tertiary/aromatic N) is 2. The van der Waals surface area contributed by atoms with Gasteiger partial charge >= 0.3 is 6.18 Å². The number of benzene rings is 1. The van der Waals surface area contributed by atoms with E-state index in [0.29, 0.717) is 5.69 Å². The Morgan fingerprint density at radius 2 is 2.10 bits per heavy atom. The second-order valence-electron chi connectivity index (χ2n) is 4.65. The molecule has 1 aromatic rings. The minimum Gasteiger partial charge on any atom is -0.391 e. The summed E-state index contributed by atoms with van der Waals surface area (Å²) in [6.45, 7) is -0.243. The Labute approximate surface area is 118 Å². The van der Waals surface area contributed by atoms with Crippen LogP contribution in [0.15, 0.2) is 29.8 Å². The van der Waals surface area contributed by atoms with Gasteiger partial charge in [-0.05, 0) is 18.6 Å². The summed E-state index contributed by atoms with van der Waals surface area (Å²) >= 11 is 0. The normalized spacial score (nSPS) is 15.8. The molecular formula is C13H13F3N2O3. The fourth-order valence-electron chi connectivity index (χ4n) is 2.23. The Hall–Kier alpha value is -2.09. The lowest BCUT2D eigenvalue weighted by atomic mass is 10.1. The van der Waals surface area contributed by atoms with Crippen LogP contribution in [-0.2, 0) is 6.61 Å². The van der Waals surface area contributed by atoms with Gasteiger partial charge in [0.2, 0.25) is 0 Å². The molecule has 0 amide bonds. The summed E-state index contributed by atoms with van der Waals surface area (Å²) in [6.07, 6.45) is -3.32. The Morgan fingerprint density at radius 1 is 1.38 bits per heavy atom. The van der Waals surface area contributed by atoms with Crippen LogP contribution in [0.4, 0.5) is 24.5 Å². The maximum Gasteiger partial charge on any atom is 0.412 e. The van der Waals surface area contributed by atoms with Gasteiger partial charge < -0.3 is 10.0 Å². The van der Waals surface area contributed by atoms with Crippen LogP contribution >= 0.6 is 0 Å². The number of nitro benzene ring substituents is 1. The molecule has 0 radical (unpaired) electrons. The van der Waals surface area contributed by atoms with Crippen LogP contribution < -0.4 is 4.90 Å². The highest BCUT2D eigenvalue weighted by Gasteiger charge is 2.34. The maximum atomic E-state index is 12.5. The Bertz CT molecular complexity index is 585. The summed E-state index contributed by atoms with van der Waals surface area (Å²) in [5, 5.41) is 19.9. The minimum absolute atomic E-state index is 0.0809. The average molecular weight is 302 g/mol. The van der Waals surface area contributed by atoms with Gasteiger partial charge in [-0.25, -0.2) is 0 Å². The van der Waals surface area contributed by atoms with Gasteiger partial charge in [-0.1, -0.05) is 6.08 Å². The summed E-state index contributed by atoms with van der Waals surface area (Å²) < 4.78 is 37.6. The van der Waals surface area contributed by atoms with Crippen molar-refractivity contribution in [1.29, 1.82) is 0 Å². The first-order chi connectivity index (χ1) is 9.82. The Kier molecular flexibility index (Phi) is 4.17. The van der Waals surface area contributed by atoms with E-state index in [4.69, 9.17) is 5.11 Å². The average Bonchev–Trinajstić information content (AvgIpc) is 2.45. The van der Waals surface area contributed by atoms with Crippen LogP contribution in [0.2, 0.25) is 0 Å². The first kappa shape index (κ1) is 15.3. The van der Waals surface area contributed by atoms with Crippen molar-refractivity contribution in [3.05, 3.63) is 45.5 Å². The molecule has 0 unspecified atom stereocenters. The summed E-state index contributed by atoms with van der Waals surface area (Å²) in [5.74, 6) is 0. The second kappa shape index (κ2) is 5.72. The molecule has 0 spiro atoms. The molecule has 114 valence electrons. The van der Waals surface area contributed by atoms with Gasteiger partial charge in [0.05, 0.1) is 17.1 Å². The lowest BCUT2D eigenvalue weighted by Gasteiger charge is -2.29. The van der Waals surface area contributed by atoms with Gasteiger partial charge in [-0.3, -0.25) is 10.1 Å². The van der Waals surface area contributed by atoms with Crippen molar-refractivity contribution in [1.82, 2.24) is 0 Å². The molecule has 5 nitrogen and oxygen atoms in total. The van der Waals surface area contributed by atoms with Gasteiger partial charge in [0.25, 0.3) is 5.69 Å². The summed E-state index contributed by atoms with van der Waals surface area (Å²) in [4.78, 5) is 11.8. The van der Waals surface area contributed by atoms with E-state index in [1.54, 1.807) is 4.90 Å². The van der Waals surface area contributed by atoms with Crippen molar-refractivity contribution in [2.45, 2.75) is 19.2 Å². The molecule has 0 bridgehead atoms. The van der Waals surface area contributed by atoms with Crippen molar-refractivity contribution in [3.8, 4) is 0 Å². The Morgan fingerprint density at radius 3 is 2.57 bits per heavy atom. The lowest BCUT2D eigenvalue weighted by Crippen LogP contribution is -2.31. The molecule has 1 N–H and O–H groups in total. The molecule has 1 aliphatic heterocycles. The SMILES string of the molecule is O=[N+]([O-])c1ccc(N2CC=C(C(F)(F)F)CC2)cc1CO. The van der Waals surface area contributed by atoms with Crippen LogP contribution in [0, 0.1) is 10.1 Å². The molecule has 0 saturated carbocycles. The summed E-state index contributed by atoms with van der Waals surface area (Å²) in [7, 11) is 0. The van der Waals surface area contributed by atoms with Crippen molar-refractivity contribution in [3.63, 3.8) is 0 Å². The molecule has 0 aliphatic carbocycles. The zero-order chi connectivity index (χ0) is 15.6. The summed E-state index contributed by atoms with van der Waals surface area (Å²) in [6, 6.07) is 4.16. The molecule has 0 aromatic heterocycles. The van der Waals surface area contributed by atoms with Crippen LogP contribution in [0.3, 0.4) is 0 Å². The van der Waals surface area contributed by atoms with Gasteiger partial charge in [0.15, 0.2) is 0 Å². The first-order valence-electron chi connectivity index (χ1n) is 6.22. The molecule has 8 heteroatoms. The predicted molar refractivity (Wildman–Crippen MR) is 70.0 cm³/mol. The van der Waals surface area contributed by atoms with Gasteiger partial charge in [-0.15, -0.1) is 0 Å². The molecular weight excluding hydrogens is 289 g/mol. The summed E-state index contributed by atoms with van der Waals surface area (Å²) in [5.41, 5.74) is -0.0574. The number of hydrogen-bond donors (Lipinski definition) is 1. The highest BCUT2D eigenvalue weighted by Crippen LogP contribution is 2.32. The quantitative estimate of drug-likeness (QED) is 0.529. The molecule has 1 aromatic carbocycles. The predicted octanol–water partition coefficient (Wildman–Crippen LogP) is 2.79. The minimum atomic E-state index is -4.31. The van der Waals surface area contributed by atoms with Gasteiger partial charge in [-0.2, -0.15) is 13.2 Å². The number of nitro groups is 1. The molecule has 2 rings (SSSR count). The van der Waals surface area contributed by atoms with Crippen molar-refractivity contribution in [2.24, 2.45) is 0 Å².